The van der Waals surface area contributed by atoms with Crippen LogP contribution in [0.5, 0.6) is 5.75 Å². The van der Waals surface area contributed by atoms with Crippen LogP contribution in [0.3, 0.4) is 0 Å². The molecule has 2 saturated heterocycles. The number of carbonyl (C=O) groups excluding carboxylic acids is 2. The third kappa shape index (κ3) is 7.04. The fraction of sp³-hybridized carbons (Fsp3) is 0.400. The number of aromatic nitrogens is 3. The second kappa shape index (κ2) is 13.1. The lowest BCUT2D eigenvalue weighted by atomic mass is 10.0. The number of alkyl halides is 1. The van der Waals surface area contributed by atoms with Crippen molar-refractivity contribution in [2.75, 3.05) is 51.6 Å². The van der Waals surface area contributed by atoms with Crippen molar-refractivity contribution >= 4 is 23.5 Å². The highest BCUT2D eigenvalue weighted by molar-refractivity contribution is 5.94. The number of hydrogen-bond acceptors (Lipinski definition) is 10. The number of likely N-dealkylation sites (N-methyl/N-ethyl adjacent to an activating group) is 1. The van der Waals surface area contributed by atoms with E-state index in [4.69, 9.17) is 4.74 Å². The van der Waals surface area contributed by atoms with Crippen LogP contribution < -0.4 is 10.1 Å². The molecule has 2 fully saturated rings. The smallest absolute Gasteiger partial charge is 0.253 e. The summed E-state index contributed by atoms with van der Waals surface area (Å²) in [5.74, 6) is 0.286. The highest BCUT2D eigenvalue weighted by Crippen LogP contribution is 2.28. The number of amides is 2. The second-order valence-electron chi connectivity index (χ2n) is 10.7. The van der Waals surface area contributed by atoms with Gasteiger partial charge >= 0.3 is 0 Å². The highest BCUT2D eigenvalue weighted by Gasteiger charge is 2.34. The molecular formula is C30H33FN8O4. The van der Waals surface area contributed by atoms with E-state index in [1.54, 1.807) is 42.5 Å². The van der Waals surface area contributed by atoms with Gasteiger partial charge in [0.2, 0.25) is 5.95 Å². The summed E-state index contributed by atoms with van der Waals surface area (Å²) >= 11 is 0. The van der Waals surface area contributed by atoms with Gasteiger partial charge in [-0.15, -0.1) is 0 Å². The van der Waals surface area contributed by atoms with Gasteiger partial charge in [-0.3, -0.25) is 9.59 Å². The van der Waals surface area contributed by atoms with E-state index in [1.165, 1.54) is 18.2 Å². The van der Waals surface area contributed by atoms with E-state index in [0.717, 1.165) is 13.1 Å². The van der Waals surface area contributed by atoms with Gasteiger partial charge in [0.25, 0.3) is 11.8 Å². The van der Waals surface area contributed by atoms with Crippen LogP contribution in [0.15, 0.2) is 48.8 Å². The number of carbonyl (C=O) groups is 2. The summed E-state index contributed by atoms with van der Waals surface area (Å²) in [7, 11) is 2.04. The van der Waals surface area contributed by atoms with E-state index in [0.29, 0.717) is 35.7 Å². The Morgan fingerprint density at radius 1 is 1.09 bits per heavy atom. The molecule has 0 saturated carbocycles. The molecule has 3 atom stereocenters. The molecule has 2 aromatic carbocycles. The zero-order valence-corrected chi connectivity index (χ0v) is 24.0. The highest BCUT2D eigenvalue weighted by atomic mass is 19.1. The lowest BCUT2D eigenvalue weighted by molar-refractivity contribution is -0.143. The van der Waals surface area contributed by atoms with E-state index in [-0.39, 0.29) is 42.7 Å². The zero-order valence-electron chi connectivity index (χ0n) is 24.0. The number of aliphatic hydroxyl groups is 1. The van der Waals surface area contributed by atoms with Crippen molar-refractivity contribution in [2.24, 2.45) is 0 Å². The van der Waals surface area contributed by atoms with Crippen LogP contribution in [0.1, 0.15) is 29.3 Å². The average molecular weight is 589 g/mol. The largest absolute Gasteiger partial charge is 0.486 e. The molecule has 2 N–H and O–H groups in total. The van der Waals surface area contributed by atoms with Gasteiger partial charge in [0.05, 0.1) is 12.1 Å². The van der Waals surface area contributed by atoms with Gasteiger partial charge < -0.3 is 29.9 Å². The van der Waals surface area contributed by atoms with Crippen LogP contribution in [-0.2, 0) is 4.79 Å². The van der Waals surface area contributed by atoms with Gasteiger partial charge in [-0.05, 0) is 56.4 Å². The van der Waals surface area contributed by atoms with Crippen LogP contribution >= 0.6 is 0 Å². The number of piperazine rings is 1. The number of halogens is 1. The molecule has 0 bridgehead atoms. The van der Waals surface area contributed by atoms with E-state index < -0.39 is 24.3 Å². The van der Waals surface area contributed by atoms with E-state index in [2.05, 4.69) is 31.2 Å². The summed E-state index contributed by atoms with van der Waals surface area (Å²) in [4.78, 5) is 43.0. The first kappa shape index (κ1) is 29.8. The molecule has 2 aliphatic rings. The van der Waals surface area contributed by atoms with Gasteiger partial charge in [-0.2, -0.15) is 10.2 Å². The number of aliphatic hydroxyl groups excluding tert-OH is 1. The summed E-state index contributed by atoms with van der Waals surface area (Å²) in [6, 6.07) is 14.0. The molecule has 2 aliphatic heterocycles. The van der Waals surface area contributed by atoms with Crippen molar-refractivity contribution in [1.82, 2.24) is 29.7 Å². The molecule has 5 rings (SSSR count). The lowest BCUT2D eigenvalue weighted by Crippen LogP contribution is -2.51. The molecule has 224 valence electrons. The van der Waals surface area contributed by atoms with Gasteiger partial charge in [0.15, 0.2) is 12.0 Å². The fourth-order valence-corrected chi connectivity index (χ4v) is 5.02. The molecule has 0 aliphatic carbocycles. The molecule has 2 amide bonds. The maximum Gasteiger partial charge on any atom is 0.253 e. The summed E-state index contributed by atoms with van der Waals surface area (Å²) in [5, 5.41) is 22.4. The quantitative estimate of drug-likeness (QED) is 0.421. The molecule has 13 heteroatoms. The molecule has 1 aromatic heterocycles. The molecule has 0 radical (unpaired) electrons. The Bertz CT molecular complexity index is 1500. The van der Waals surface area contributed by atoms with Crippen molar-refractivity contribution in [3.63, 3.8) is 0 Å². The standard InChI is InChI=1S/C30H33FN8O4/c1-19(40)28(41)39-10-9-26(24(31)17-39)43-25-8-5-21(15-22(25)16-32)27-33-18-34-30(36-27)35-23-6-3-20(4-7-23)29(42)38-13-11-37(2)12-14-38/h3-8,15,18-19,24,26,40H,9-14,17H2,1-2H3,(H,33,34,35,36)/t19-,24-,26-/m0/s1. The van der Waals surface area contributed by atoms with Gasteiger partial charge in [0.1, 0.15) is 30.4 Å². The first-order chi connectivity index (χ1) is 20.7. The zero-order chi connectivity index (χ0) is 30.5. The number of benzene rings is 2. The number of nitrogens with one attached hydrogen (secondary N) is 1. The maximum atomic E-state index is 14.8. The van der Waals surface area contributed by atoms with Crippen molar-refractivity contribution in [3.8, 4) is 23.2 Å². The summed E-state index contributed by atoms with van der Waals surface area (Å²) in [5.41, 5.74) is 2.02. The van der Waals surface area contributed by atoms with E-state index in [1.807, 2.05) is 11.9 Å². The fourth-order valence-electron chi connectivity index (χ4n) is 5.02. The molecular weight excluding hydrogens is 555 g/mol. The van der Waals surface area contributed by atoms with Gasteiger partial charge in [-0.1, -0.05) is 0 Å². The molecule has 0 spiro atoms. The third-order valence-electron chi connectivity index (χ3n) is 7.54. The normalized spacial score (nSPS) is 19.8. The van der Waals surface area contributed by atoms with Crippen molar-refractivity contribution in [1.29, 1.82) is 5.26 Å². The van der Waals surface area contributed by atoms with Crippen LogP contribution in [-0.4, -0.2) is 111 Å². The Morgan fingerprint density at radius 3 is 2.51 bits per heavy atom. The number of hydrogen-bond donors (Lipinski definition) is 2. The summed E-state index contributed by atoms with van der Waals surface area (Å²) in [6.07, 6.45) is -1.94. The first-order valence-electron chi connectivity index (χ1n) is 14.1. The van der Waals surface area contributed by atoms with E-state index in [9.17, 15) is 24.3 Å². The lowest BCUT2D eigenvalue weighted by Gasteiger charge is -2.35. The Kier molecular flexibility index (Phi) is 9.08. The Hall–Kier alpha value is -4.67. The van der Waals surface area contributed by atoms with Crippen molar-refractivity contribution < 1.29 is 23.8 Å². The van der Waals surface area contributed by atoms with Crippen LogP contribution in [0, 0.1) is 11.3 Å². The molecule has 43 heavy (non-hydrogen) atoms. The predicted molar refractivity (Wildman–Crippen MR) is 155 cm³/mol. The van der Waals surface area contributed by atoms with Gasteiger partial charge in [-0.25, -0.2) is 14.4 Å². The minimum absolute atomic E-state index is 0.00162. The minimum atomic E-state index is -1.47. The minimum Gasteiger partial charge on any atom is -0.486 e. The molecule has 0 unspecified atom stereocenters. The summed E-state index contributed by atoms with van der Waals surface area (Å²) in [6.45, 7) is 4.50. The number of rotatable bonds is 7. The molecule has 3 aromatic rings. The molecule has 12 nitrogen and oxygen atoms in total. The Morgan fingerprint density at radius 2 is 1.84 bits per heavy atom. The number of likely N-dealkylation sites (tertiary alicyclic amines) is 1. The van der Waals surface area contributed by atoms with Crippen LogP contribution in [0.4, 0.5) is 16.0 Å². The van der Waals surface area contributed by atoms with Crippen LogP contribution in [0.25, 0.3) is 11.4 Å². The number of anilines is 2. The average Bonchev–Trinajstić information content (AvgIpc) is 3.02. The van der Waals surface area contributed by atoms with Crippen molar-refractivity contribution in [3.05, 3.63) is 59.9 Å². The number of nitrogens with zero attached hydrogens (tertiary/aromatic N) is 7. The Labute approximate surface area is 248 Å². The summed E-state index contributed by atoms with van der Waals surface area (Å²) < 4.78 is 20.7. The first-order valence-corrected chi connectivity index (χ1v) is 14.1. The number of piperidine rings is 1. The molecule has 3 heterocycles. The second-order valence-corrected chi connectivity index (χ2v) is 10.7. The third-order valence-corrected chi connectivity index (χ3v) is 7.54. The topological polar surface area (TPSA) is 148 Å². The van der Waals surface area contributed by atoms with E-state index >= 15 is 0 Å². The predicted octanol–water partition coefficient (Wildman–Crippen LogP) is 2.24. The monoisotopic (exact) mass is 588 g/mol. The Balaban J connectivity index is 1.23. The van der Waals surface area contributed by atoms with Crippen LogP contribution in [0.2, 0.25) is 0 Å². The van der Waals surface area contributed by atoms with Gasteiger partial charge in [0, 0.05) is 56.0 Å². The number of nitriles is 1. The van der Waals surface area contributed by atoms with Crippen molar-refractivity contribution in [2.45, 2.75) is 31.7 Å². The maximum absolute atomic E-state index is 14.8. The SMILES string of the molecule is C[C@H](O)C(=O)N1CC[C@H](Oc2ccc(-c3ncnc(Nc4ccc(C(=O)N5CCN(C)CC5)cc4)n3)cc2C#N)[C@@H](F)C1. The number of ether oxygens (including phenoxy) is 1.